The summed E-state index contributed by atoms with van der Waals surface area (Å²) in [4.78, 5) is 24.4. The highest BCUT2D eigenvalue weighted by Crippen LogP contribution is 2.12. The first-order valence-electron chi connectivity index (χ1n) is 6.81. The molecule has 0 saturated heterocycles. The number of nitrogens with zero attached hydrogens (tertiary/aromatic N) is 1. The van der Waals surface area contributed by atoms with E-state index in [9.17, 15) is 9.59 Å². The van der Waals surface area contributed by atoms with Gasteiger partial charge in [-0.2, -0.15) is 5.10 Å². The molecule has 1 heterocycles. The number of aryl methyl sites for hydroxylation is 1. The summed E-state index contributed by atoms with van der Waals surface area (Å²) < 4.78 is 0. The summed E-state index contributed by atoms with van der Waals surface area (Å²) in [5.41, 5.74) is 4.24. The lowest BCUT2D eigenvalue weighted by atomic mass is 10.1. The lowest BCUT2D eigenvalue weighted by Crippen LogP contribution is -2.39. The van der Waals surface area contributed by atoms with Crippen LogP contribution in [-0.4, -0.2) is 18.0 Å². The van der Waals surface area contributed by atoms with Crippen LogP contribution in [0.15, 0.2) is 46.9 Å². The maximum absolute atomic E-state index is 11.8. The Hall–Kier alpha value is -2.47. The topological polar surface area (TPSA) is 70.6 Å². The second kappa shape index (κ2) is 7.51. The maximum Gasteiger partial charge on any atom is 0.329 e. The molecule has 0 radical (unpaired) electrons. The molecule has 1 aromatic carbocycles. The fourth-order valence-electron chi connectivity index (χ4n) is 1.80. The summed E-state index contributed by atoms with van der Waals surface area (Å²) in [5.74, 6) is -1.50. The second-order valence-corrected chi connectivity index (χ2v) is 5.72. The minimum Gasteiger partial charge on any atom is -0.341 e. The fraction of sp³-hybridized carbons (Fsp3) is 0.188. The van der Waals surface area contributed by atoms with Crippen molar-refractivity contribution in [2.45, 2.75) is 19.9 Å². The van der Waals surface area contributed by atoms with Gasteiger partial charge in [0.2, 0.25) is 0 Å². The molecule has 0 aliphatic carbocycles. The van der Waals surface area contributed by atoms with Gasteiger partial charge in [-0.15, -0.1) is 11.3 Å². The predicted molar refractivity (Wildman–Crippen MR) is 87.8 cm³/mol. The first-order valence-corrected chi connectivity index (χ1v) is 7.69. The molecule has 0 aliphatic rings. The maximum atomic E-state index is 11.8. The number of thiophene rings is 1. The SMILES string of the molecule is Cc1ccsc1/C=N\NC(=O)C(=O)N[C@@H](C)c1ccccc1. The summed E-state index contributed by atoms with van der Waals surface area (Å²) >= 11 is 1.52. The second-order valence-electron chi connectivity index (χ2n) is 4.77. The molecule has 0 unspecified atom stereocenters. The van der Waals surface area contributed by atoms with E-state index in [0.29, 0.717) is 0 Å². The van der Waals surface area contributed by atoms with E-state index in [-0.39, 0.29) is 6.04 Å². The number of rotatable bonds is 4. The largest absolute Gasteiger partial charge is 0.341 e. The highest BCUT2D eigenvalue weighted by atomic mass is 32.1. The first kappa shape index (κ1) is 15.9. The highest BCUT2D eigenvalue weighted by molar-refractivity contribution is 7.11. The highest BCUT2D eigenvalue weighted by Gasteiger charge is 2.16. The number of amides is 2. The van der Waals surface area contributed by atoms with Crippen molar-refractivity contribution in [2.24, 2.45) is 5.10 Å². The molecule has 2 aromatic rings. The van der Waals surface area contributed by atoms with Crippen LogP contribution in [0.4, 0.5) is 0 Å². The Bertz CT molecular complexity index is 680. The van der Waals surface area contributed by atoms with Gasteiger partial charge in [-0.3, -0.25) is 9.59 Å². The van der Waals surface area contributed by atoms with Crippen LogP contribution in [0, 0.1) is 6.92 Å². The first-order chi connectivity index (χ1) is 10.6. The molecule has 1 atom stereocenters. The third-order valence-electron chi connectivity index (χ3n) is 3.10. The van der Waals surface area contributed by atoms with E-state index in [2.05, 4.69) is 15.8 Å². The summed E-state index contributed by atoms with van der Waals surface area (Å²) in [5, 5.41) is 8.37. The molecule has 2 N–H and O–H groups in total. The van der Waals surface area contributed by atoms with Gasteiger partial charge in [0, 0.05) is 4.88 Å². The molecule has 0 spiro atoms. The standard InChI is InChI=1S/C16H17N3O2S/c1-11-8-9-22-14(11)10-17-19-16(21)15(20)18-12(2)13-6-4-3-5-7-13/h3-10,12H,1-2H3,(H,18,20)(H,19,21)/b17-10-/t12-/m0/s1. The predicted octanol–water partition coefficient (Wildman–Crippen LogP) is 2.38. The molecule has 0 aliphatic heterocycles. The van der Waals surface area contributed by atoms with Crippen LogP contribution in [0.25, 0.3) is 0 Å². The molecule has 114 valence electrons. The summed E-state index contributed by atoms with van der Waals surface area (Å²) in [7, 11) is 0. The van der Waals surface area contributed by atoms with Crippen LogP contribution in [0.2, 0.25) is 0 Å². The number of nitrogens with one attached hydrogen (secondary N) is 2. The van der Waals surface area contributed by atoms with Crippen LogP contribution < -0.4 is 10.7 Å². The van der Waals surface area contributed by atoms with Crippen LogP contribution >= 0.6 is 11.3 Å². The van der Waals surface area contributed by atoms with Crippen LogP contribution in [0.3, 0.4) is 0 Å². The molecule has 22 heavy (non-hydrogen) atoms. The van der Waals surface area contributed by atoms with E-state index in [0.717, 1.165) is 16.0 Å². The Kier molecular flexibility index (Phi) is 5.43. The summed E-state index contributed by atoms with van der Waals surface area (Å²) in [6.07, 6.45) is 1.53. The molecule has 6 heteroatoms. The zero-order valence-electron chi connectivity index (χ0n) is 12.4. The van der Waals surface area contributed by atoms with Crippen molar-refractivity contribution < 1.29 is 9.59 Å². The fourth-order valence-corrected chi connectivity index (χ4v) is 2.59. The van der Waals surface area contributed by atoms with Gasteiger partial charge in [-0.05, 0) is 36.4 Å². The minimum absolute atomic E-state index is 0.247. The number of hydrogen-bond donors (Lipinski definition) is 2. The quantitative estimate of drug-likeness (QED) is 0.516. The molecule has 2 rings (SSSR count). The third kappa shape index (κ3) is 4.26. The Labute approximate surface area is 133 Å². The van der Waals surface area contributed by atoms with E-state index >= 15 is 0 Å². The van der Waals surface area contributed by atoms with Crippen molar-refractivity contribution in [3.63, 3.8) is 0 Å². The van der Waals surface area contributed by atoms with Crippen molar-refractivity contribution in [3.8, 4) is 0 Å². The van der Waals surface area contributed by atoms with Gasteiger partial charge in [-0.1, -0.05) is 30.3 Å². The van der Waals surface area contributed by atoms with E-state index in [4.69, 9.17) is 0 Å². The van der Waals surface area contributed by atoms with E-state index in [1.54, 1.807) is 0 Å². The van der Waals surface area contributed by atoms with Crippen LogP contribution in [-0.2, 0) is 9.59 Å². The Morgan fingerprint density at radius 1 is 1.18 bits per heavy atom. The molecule has 5 nitrogen and oxygen atoms in total. The van der Waals surface area contributed by atoms with E-state index in [1.807, 2.05) is 55.6 Å². The van der Waals surface area contributed by atoms with Gasteiger partial charge in [0.05, 0.1) is 12.3 Å². The van der Waals surface area contributed by atoms with Gasteiger partial charge in [0.25, 0.3) is 0 Å². The van der Waals surface area contributed by atoms with Crippen LogP contribution in [0.1, 0.15) is 29.0 Å². The Morgan fingerprint density at radius 3 is 2.55 bits per heavy atom. The molecule has 0 fully saturated rings. The Morgan fingerprint density at radius 2 is 1.91 bits per heavy atom. The minimum atomic E-state index is -0.784. The van der Waals surface area contributed by atoms with Crippen LogP contribution in [0.5, 0.6) is 0 Å². The number of hydrazone groups is 1. The molecule has 2 amide bonds. The number of benzene rings is 1. The number of hydrogen-bond acceptors (Lipinski definition) is 4. The van der Waals surface area contributed by atoms with Crippen molar-refractivity contribution in [2.75, 3.05) is 0 Å². The normalized spacial score (nSPS) is 12.1. The van der Waals surface area contributed by atoms with Crippen molar-refractivity contribution >= 4 is 29.4 Å². The van der Waals surface area contributed by atoms with E-state index < -0.39 is 11.8 Å². The summed E-state index contributed by atoms with van der Waals surface area (Å²) in [6.45, 7) is 3.77. The zero-order valence-corrected chi connectivity index (χ0v) is 13.2. The van der Waals surface area contributed by atoms with E-state index in [1.165, 1.54) is 17.6 Å². The molecule has 0 bridgehead atoms. The average Bonchev–Trinajstić information content (AvgIpc) is 2.93. The zero-order chi connectivity index (χ0) is 15.9. The molecule has 0 saturated carbocycles. The average molecular weight is 315 g/mol. The van der Waals surface area contributed by atoms with Crippen molar-refractivity contribution in [1.82, 2.24) is 10.7 Å². The van der Waals surface area contributed by atoms with Crippen molar-refractivity contribution in [1.29, 1.82) is 0 Å². The number of carbonyl (C=O) groups is 2. The molecule has 1 aromatic heterocycles. The van der Waals surface area contributed by atoms with Gasteiger partial charge in [-0.25, -0.2) is 5.43 Å². The van der Waals surface area contributed by atoms with Gasteiger partial charge in [0.15, 0.2) is 0 Å². The van der Waals surface area contributed by atoms with Gasteiger partial charge < -0.3 is 5.32 Å². The third-order valence-corrected chi connectivity index (χ3v) is 4.06. The van der Waals surface area contributed by atoms with Gasteiger partial charge >= 0.3 is 11.8 Å². The van der Waals surface area contributed by atoms with Gasteiger partial charge in [0.1, 0.15) is 0 Å². The number of carbonyl (C=O) groups excluding carboxylic acids is 2. The lowest BCUT2D eigenvalue weighted by Gasteiger charge is -2.13. The molecular formula is C16H17N3O2S. The molecular weight excluding hydrogens is 298 g/mol. The summed E-state index contributed by atoms with van der Waals surface area (Å²) in [6, 6.07) is 11.1. The monoisotopic (exact) mass is 315 g/mol. The lowest BCUT2D eigenvalue weighted by molar-refractivity contribution is -0.139. The van der Waals surface area contributed by atoms with Crippen molar-refractivity contribution in [3.05, 3.63) is 57.8 Å². The Balaban J connectivity index is 1.86. The smallest absolute Gasteiger partial charge is 0.329 e.